The molecule has 2 atom stereocenters. The van der Waals surface area contributed by atoms with E-state index in [0.717, 1.165) is 25.8 Å². The summed E-state index contributed by atoms with van der Waals surface area (Å²) in [5, 5.41) is 0. The first-order valence-corrected chi connectivity index (χ1v) is 21.1. The monoisotopic (exact) mass is 656 g/mol. The summed E-state index contributed by atoms with van der Waals surface area (Å²) in [6, 6.07) is 0. The Bertz CT molecular complexity index is 719. The summed E-state index contributed by atoms with van der Waals surface area (Å²) in [7, 11) is 4.21. The Morgan fingerprint density at radius 1 is 0.489 bits per heavy atom. The van der Waals surface area contributed by atoms with Crippen molar-refractivity contribution in [1.82, 2.24) is 4.90 Å². The zero-order valence-electron chi connectivity index (χ0n) is 32.9. The number of Topliss-reactive ketones (excluding diaryl/α,β-unsaturated/α-hetero) is 1. The van der Waals surface area contributed by atoms with Gasteiger partial charge in [-0.15, -0.1) is 0 Å². The van der Waals surface area contributed by atoms with Gasteiger partial charge in [0.05, 0.1) is 0 Å². The van der Waals surface area contributed by atoms with Gasteiger partial charge >= 0.3 is 0 Å². The Kier molecular flexibility index (Phi) is 36.7. The largest absolute Gasteiger partial charge is 0.309 e. The Hall–Kier alpha value is -1.15. The highest BCUT2D eigenvalue weighted by molar-refractivity contribution is 5.80. The number of ketones is 1. The molecule has 0 aromatic heterocycles. The van der Waals surface area contributed by atoms with E-state index in [9.17, 15) is 4.79 Å². The number of nitrogens with zero attached hydrogens (tertiary/aromatic N) is 1. The molecule has 0 aromatic rings. The van der Waals surface area contributed by atoms with Gasteiger partial charge in [-0.1, -0.05) is 166 Å². The van der Waals surface area contributed by atoms with E-state index in [1.54, 1.807) is 0 Å². The molecular formula is C45H85NO. The van der Waals surface area contributed by atoms with Crippen LogP contribution in [-0.4, -0.2) is 31.3 Å². The van der Waals surface area contributed by atoms with Crippen molar-refractivity contribution in [3.05, 3.63) is 36.5 Å². The standard InChI is InChI=1S/C45H85NO/c1-6-8-10-12-14-16-18-20-22-24-26-28-30-32-34-36-39-44(43(3)45(47)41-38-42-46(4)5)40-37-35-33-31-29-27-25-23-21-19-17-15-13-11-9-7-2/h14,16,20-23,43-44H,6-13,15,17-19,24-42H2,1-5H3. The molecule has 0 saturated carbocycles. The number of hydrogen-bond acceptors (Lipinski definition) is 2. The number of carbonyl (C=O) groups is 1. The molecule has 0 aliphatic rings. The molecule has 2 unspecified atom stereocenters. The minimum absolute atomic E-state index is 0.235. The average Bonchev–Trinajstić information content (AvgIpc) is 3.06. The Morgan fingerprint density at radius 2 is 0.851 bits per heavy atom. The molecule has 0 radical (unpaired) electrons. The molecule has 276 valence electrons. The maximum atomic E-state index is 13.1. The molecule has 0 bridgehead atoms. The molecule has 0 aromatic carbocycles. The summed E-state index contributed by atoms with van der Waals surface area (Å²) in [6.45, 7) is 7.82. The van der Waals surface area contributed by atoms with Crippen LogP contribution in [0.4, 0.5) is 0 Å². The summed E-state index contributed by atoms with van der Waals surface area (Å²) in [6.07, 6.45) is 53.2. The van der Waals surface area contributed by atoms with Gasteiger partial charge in [0.2, 0.25) is 0 Å². The van der Waals surface area contributed by atoms with Crippen LogP contribution in [0.15, 0.2) is 36.5 Å². The van der Waals surface area contributed by atoms with Crippen LogP contribution >= 0.6 is 0 Å². The molecule has 0 saturated heterocycles. The molecule has 2 nitrogen and oxygen atoms in total. The van der Waals surface area contributed by atoms with Crippen LogP contribution in [0.25, 0.3) is 0 Å². The van der Waals surface area contributed by atoms with Gasteiger partial charge in [-0.2, -0.15) is 0 Å². The van der Waals surface area contributed by atoms with Crippen molar-refractivity contribution in [2.45, 2.75) is 213 Å². The van der Waals surface area contributed by atoms with Crippen LogP contribution in [-0.2, 0) is 4.79 Å². The van der Waals surface area contributed by atoms with Gasteiger partial charge < -0.3 is 4.90 Å². The summed E-state index contributed by atoms with van der Waals surface area (Å²) >= 11 is 0. The number of unbranched alkanes of at least 4 members (excludes halogenated alkanes) is 21. The van der Waals surface area contributed by atoms with Gasteiger partial charge in [0.1, 0.15) is 5.78 Å². The van der Waals surface area contributed by atoms with Crippen molar-refractivity contribution in [1.29, 1.82) is 0 Å². The van der Waals surface area contributed by atoms with Gasteiger partial charge in [0, 0.05) is 12.3 Å². The molecule has 0 aliphatic carbocycles. The lowest BCUT2D eigenvalue weighted by atomic mass is 9.81. The molecule has 2 heteroatoms. The fraction of sp³-hybridized carbons (Fsp3) is 0.844. The maximum absolute atomic E-state index is 13.1. The van der Waals surface area contributed by atoms with Crippen molar-refractivity contribution < 1.29 is 4.79 Å². The van der Waals surface area contributed by atoms with E-state index in [-0.39, 0.29) is 5.92 Å². The first-order valence-electron chi connectivity index (χ1n) is 21.1. The lowest BCUT2D eigenvalue weighted by molar-refractivity contribution is -0.124. The molecule has 0 heterocycles. The first kappa shape index (κ1) is 45.9. The van der Waals surface area contributed by atoms with Crippen LogP contribution in [0, 0.1) is 11.8 Å². The van der Waals surface area contributed by atoms with Crippen molar-refractivity contribution in [2.75, 3.05) is 20.6 Å². The fourth-order valence-electron chi connectivity index (χ4n) is 6.75. The zero-order valence-corrected chi connectivity index (χ0v) is 32.9. The minimum atomic E-state index is 0.235. The van der Waals surface area contributed by atoms with Gasteiger partial charge in [0.25, 0.3) is 0 Å². The summed E-state index contributed by atoms with van der Waals surface area (Å²) in [4.78, 5) is 15.3. The predicted octanol–water partition coefficient (Wildman–Crippen LogP) is 14.8. The van der Waals surface area contributed by atoms with E-state index >= 15 is 0 Å². The normalized spacial score (nSPS) is 13.6. The highest BCUT2D eigenvalue weighted by Crippen LogP contribution is 2.28. The van der Waals surface area contributed by atoms with Crippen LogP contribution in [0.1, 0.15) is 213 Å². The summed E-state index contributed by atoms with van der Waals surface area (Å²) < 4.78 is 0. The van der Waals surface area contributed by atoms with E-state index in [1.807, 2.05) is 0 Å². The summed E-state index contributed by atoms with van der Waals surface area (Å²) in [5.41, 5.74) is 0. The number of rotatable bonds is 37. The van der Waals surface area contributed by atoms with Crippen molar-refractivity contribution in [3.63, 3.8) is 0 Å². The molecule has 0 fully saturated rings. The molecule has 0 aliphatic heterocycles. The molecule has 47 heavy (non-hydrogen) atoms. The van der Waals surface area contributed by atoms with Crippen molar-refractivity contribution in [2.24, 2.45) is 11.8 Å². The van der Waals surface area contributed by atoms with Crippen LogP contribution < -0.4 is 0 Å². The minimum Gasteiger partial charge on any atom is -0.309 e. The van der Waals surface area contributed by atoms with E-state index in [1.165, 1.54) is 173 Å². The van der Waals surface area contributed by atoms with Crippen molar-refractivity contribution in [3.8, 4) is 0 Å². The number of carbonyl (C=O) groups excluding carboxylic acids is 1. The van der Waals surface area contributed by atoms with Gasteiger partial charge in [-0.25, -0.2) is 0 Å². The van der Waals surface area contributed by atoms with E-state index in [4.69, 9.17) is 0 Å². The van der Waals surface area contributed by atoms with Crippen molar-refractivity contribution >= 4 is 5.78 Å². The second-order valence-corrected chi connectivity index (χ2v) is 15.0. The Balaban J connectivity index is 4.12. The third-order valence-electron chi connectivity index (χ3n) is 10.1. The number of hydrogen-bond donors (Lipinski definition) is 0. The molecule has 0 spiro atoms. The maximum Gasteiger partial charge on any atom is 0.136 e. The highest BCUT2D eigenvalue weighted by atomic mass is 16.1. The topological polar surface area (TPSA) is 20.3 Å². The fourth-order valence-corrected chi connectivity index (χ4v) is 6.75. The smallest absolute Gasteiger partial charge is 0.136 e. The quantitative estimate of drug-likeness (QED) is 0.0490. The third kappa shape index (κ3) is 34.5. The van der Waals surface area contributed by atoms with E-state index in [0.29, 0.717) is 11.7 Å². The van der Waals surface area contributed by atoms with Gasteiger partial charge in [-0.05, 0) is 104 Å². The summed E-state index contributed by atoms with van der Waals surface area (Å²) in [5.74, 6) is 1.34. The Morgan fingerprint density at radius 3 is 1.30 bits per heavy atom. The van der Waals surface area contributed by atoms with Gasteiger partial charge in [-0.3, -0.25) is 4.79 Å². The van der Waals surface area contributed by atoms with Crippen LogP contribution in [0.5, 0.6) is 0 Å². The third-order valence-corrected chi connectivity index (χ3v) is 10.1. The molecular weight excluding hydrogens is 571 g/mol. The number of allylic oxidation sites excluding steroid dienone is 6. The first-order chi connectivity index (χ1) is 23.0. The van der Waals surface area contributed by atoms with Gasteiger partial charge in [0.15, 0.2) is 0 Å². The average molecular weight is 656 g/mol. The zero-order chi connectivity index (χ0) is 34.5. The molecule has 0 rings (SSSR count). The molecule has 0 N–H and O–H groups in total. The van der Waals surface area contributed by atoms with E-state index in [2.05, 4.69) is 76.2 Å². The lowest BCUT2D eigenvalue weighted by Crippen LogP contribution is -2.23. The second-order valence-electron chi connectivity index (χ2n) is 15.0. The lowest BCUT2D eigenvalue weighted by Gasteiger charge is -2.24. The SMILES string of the molecule is CCCCCC=CCC=CCCCCCCCCC(CCCCCCCCC=CCCCCCCCC)C(C)C(=O)CCCN(C)C. The predicted molar refractivity (Wildman–Crippen MR) is 213 cm³/mol. The van der Waals surface area contributed by atoms with Crippen LogP contribution in [0.2, 0.25) is 0 Å². The van der Waals surface area contributed by atoms with E-state index < -0.39 is 0 Å². The second kappa shape index (κ2) is 37.7. The molecule has 0 amide bonds. The van der Waals surface area contributed by atoms with Crippen LogP contribution in [0.3, 0.4) is 0 Å². The Labute approximate surface area is 297 Å². The highest BCUT2D eigenvalue weighted by Gasteiger charge is 2.23.